The third-order valence-corrected chi connectivity index (χ3v) is 6.44. The predicted molar refractivity (Wildman–Crippen MR) is 46.4 cm³/mol. The molecule has 0 atom stereocenters. The molecule has 1 heterocycles. The molecule has 58 valence electrons. The molecule has 1 fully saturated rings. The van der Waals surface area contributed by atoms with Crippen LogP contribution in [0.1, 0.15) is 19.3 Å². The van der Waals surface area contributed by atoms with E-state index in [0.29, 0.717) is 0 Å². The van der Waals surface area contributed by atoms with Gasteiger partial charge in [-0.1, -0.05) is 25.0 Å². The Morgan fingerprint density at radius 1 is 1.30 bits per heavy atom. The van der Waals surface area contributed by atoms with Crippen molar-refractivity contribution in [2.75, 3.05) is 7.11 Å². The highest BCUT2D eigenvalue weighted by Gasteiger charge is 2.31. The van der Waals surface area contributed by atoms with E-state index < -0.39 is 8.32 Å². The summed E-state index contributed by atoms with van der Waals surface area (Å²) in [7, 11) is 0.480. The molecule has 1 aliphatic heterocycles. The van der Waals surface area contributed by atoms with E-state index in [1.54, 1.807) is 0 Å². The molecule has 0 radical (unpaired) electrons. The summed E-state index contributed by atoms with van der Waals surface area (Å²) in [6.45, 7) is 3.86. The fraction of sp³-hybridized carbons (Fsp3) is 0.750. The van der Waals surface area contributed by atoms with E-state index in [9.17, 15) is 0 Å². The lowest BCUT2D eigenvalue weighted by Gasteiger charge is -2.29. The maximum Gasteiger partial charge on any atom is 0.216 e. The van der Waals surface area contributed by atoms with Gasteiger partial charge in [0.2, 0.25) is 8.32 Å². The summed E-state index contributed by atoms with van der Waals surface area (Å²) in [5.41, 5.74) is 2.10. The molecule has 0 aromatic carbocycles. The average molecular weight is 156 g/mol. The summed E-state index contributed by atoms with van der Waals surface area (Å²) in [6, 6.07) is 2.60. The molecule has 0 bridgehead atoms. The Morgan fingerprint density at radius 3 is 2.20 bits per heavy atom. The van der Waals surface area contributed by atoms with Gasteiger partial charge in [0.05, 0.1) is 0 Å². The second kappa shape index (κ2) is 3.35. The van der Waals surface area contributed by atoms with Gasteiger partial charge in [-0.3, -0.25) is 0 Å². The lowest BCUT2D eigenvalue weighted by molar-refractivity contribution is 0.389. The van der Waals surface area contributed by atoms with Crippen LogP contribution in [0.5, 0.6) is 0 Å². The quantitative estimate of drug-likeness (QED) is 0.558. The lowest BCUT2D eigenvalue weighted by atomic mass is 10.3. The number of hydrogen-bond donors (Lipinski definition) is 0. The minimum absolute atomic E-state index is 1.30. The molecule has 0 saturated carbocycles. The molecule has 1 nitrogen and oxygen atoms in total. The van der Waals surface area contributed by atoms with Gasteiger partial charge in [-0.2, -0.15) is 0 Å². The van der Waals surface area contributed by atoms with Crippen LogP contribution >= 0.6 is 0 Å². The first-order valence-corrected chi connectivity index (χ1v) is 6.42. The Hall–Kier alpha value is -0.0831. The summed E-state index contributed by atoms with van der Waals surface area (Å²) in [4.78, 5) is 0. The Balaban J connectivity index is 2.52. The largest absolute Gasteiger partial charge is 0.416 e. The van der Waals surface area contributed by atoms with Crippen LogP contribution in [0.15, 0.2) is 12.3 Å². The van der Waals surface area contributed by atoms with Crippen LogP contribution in [-0.2, 0) is 4.43 Å². The van der Waals surface area contributed by atoms with Crippen molar-refractivity contribution in [2.24, 2.45) is 0 Å². The third-order valence-electron chi connectivity index (χ3n) is 2.48. The minimum Gasteiger partial charge on any atom is -0.416 e. The van der Waals surface area contributed by atoms with Crippen LogP contribution in [0.3, 0.4) is 0 Å². The number of hydrogen-bond acceptors (Lipinski definition) is 1. The zero-order valence-electron chi connectivity index (χ0n) is 6.73. The van der Waals surface area contributed by atoms with Gasteiger partial charge in [-0.05, 0) is 12.1 Å². The topological polar surface area (TPSA) is 9.23 Å². The molecule has 1 saturated heterocycles. The van der Waals surface area contributed by atoms with Crippen LogP contribution in [0.2, 0.25) is 12.1 Å². The summed E-state index contributed by atoms with van der Waals surface area (Å²) in [5.74, 6) is 0. The highest BCUT2D eigenvalue weighted by molar-refractivity contribution is 6.78. The van der Waals surface area contributed by atoms with Crippen molar-refractivity contribution in [2.45, 2.75) is 31.4 Å². The first-order valence-electron chi connectivity index (χ1n) is 4.02. The van der Waals surface area contributed by atoms with Gasteiger partial charge in [0, 0.05) is 7.11 Å². The van der Waals surface area contributed by atoms with E-state index >= 15 is 0 Å². The fourth-order valence-electron chi connectivity index (χ4n) is 1.64. The van der Waals surface area contributed by atoms with Gasteiger partial charge in [0.25, 0.3) is 0 Å². The first-order chi connectivity index (χ1) is 4.83. The monoisotopic (exact) mass is 156 g/mol. The smallest absolute Gasteiger partial charge is 0.216 e. The molecular weight excluding hydrogens is 140 g/mol. The van der Waals surface area contributed by atoms with Gasteiger partial charge in [-0.15, -0.1) is 6.58 Å². The third kappa shape index (κ3) is 1.50. The summed E-state index contributed by atoms with van der Waals surface area (Å²) >= 11 is 0. The average Bonchev–Trinajstić information content (AvgIpc) is 2.06. The molecule has 0 N–H and O–H groups in total. The molecule has 0 amide bonds. The van der Waals surface area contributed by atoms with Crippen molar-refractivity contribution in [3.05, 3.63) is 12.3 Å². The molecule has 0 aromatic rings. The van der Waals surface area contributed by atoms with Crippen molar-refractivity contribution in [1.82, 2.24) is 0 Å². The highest BCUT2D eigenvalue weighted by Crippen LogP contribution is 2.29. The van der Waals surface area contributed by atoms with Crippen molar-refractivity contribution >= 4 is 8.32 Å². The van der Waals surface area contributed by atoms with Crippen LogP contribution in [-0.4, -0.2) is 15.4 Å². The molecule has 1 aliphatic rings. The molecule has 0 aromatic heterocycles. The second-order valence-electron chi connectivity index (χ2n) is 3.03. The minimum atomic E-state index is -1.37. The molecule has 10 heavy (non-hydrogen) atoms. The molecule has 0 unspecified atom stereocenters. The summed E-state index contributed by atoms with van der Waals surface area (Å²) in [6.07, 6.45) is 4.10. The SMILES string of the molecule is C=C[Si]1(OC)CCCCC1. The Morgan fingerprint density at radius 2 is 1.90 bits per heavy atom. The van der Waals surface area contributed by atoms with Crippen molar-refractivity contribution < 1.29 is 4.43 Å². The second-order valence-corrected chi connectivity index (χ2v) is 6.98. The fourth-order valence-corrected chi connectivity index (χ4v) is 4.57. The van der Waals surface area contributed by atoms with Gasteiger partial charge >= 0.3 is 0 Å². The lowest BCUT2D eigenvalue weighted by Crippen LogP contribution is -2.36. The Bertz CT molecular complexity index is 116. The maximum absolute atomic E-state index is 5.55. The van der Waals surface area contributed by atoms with Crippen LogP contribution in [0.4, 0.5) is 0 Å². The highest BCUT2D eigenvalue weighted by atomic mass is 28.4. The predicted octanol–water partition coefficient (Wildman–Crippen LogP) is 2.49. The van der Waals surface area contributed by atoms with Gasteiger partial charge < -0.3 is 4.43 Å². The van der Waals surface area contributed by atoms with E-state index in [0.717, 1.165) is 0 Å². The molecule has 0 aliphatic carbocycles. The first kappa shape index (κ1) is 8.02. The summed E-state index contributed by atoms with van der Waals surface area (Å²) < 4.78 is 5.55. The van der Waals surface area contributed by atoms with Gasteiger partial charge in [0.15, 0.2) is 0 Å². The van der Waals surface area contributed by atoms with Crippen LogP contribution in [0.25, 0.3) is 0 Å². The summed E-state index contributed by atoms with van der Waals surface area (Å²) in [5, 5.41) is 0. The zero-order valence-corrected chi connectivity index (χ0v) is 7.73. The van der Waals surface area contributed by atoms with E-state index in [1.165, 1.54) is 31.4 Å². The van der Waals surface area contributed by atoms with Crippen molar-refractivity contribution in [1.29, 1.82) is 0 Å². The van der Waals surface area contributed by atoms with Gasteiger partial charge in [-0.25, -0.2) is 0 Å². The van der Waals surface area contributed by atoms with Crippen molar-refractivity contribution in [3.8, 4) is 0 Å². The molecule has 1 rings (SSSR count). The van der Waals surface area contributed by atoms with Gasteiger partial charge in [0.1, 0.15) is 0 Å². The van der Waals surface area contributed by atoms with E-state index in [1.807, 2.05) is 7.11 Å². The van der Waals surface area contributed by atoms with Crippen LogP contribution < -0.4 is 0 Å². The van der Waals surface area contributed by atoms with E-state index in [4.69, 9.17) is 4.43 Å². The van der Waals surface area contributed by atoms with Crippen LogP contribution in [0, 0.1) is 0 Å². The molecular formula is C8H16OSi. The van der Waals surface area contributed by atoms with E-state index in [-0.39, 0.29) is 0 Å². The maximum atomic E-state index is 5.55. The Kier molecular flexibility index (Phi) is 2.69. The number of rotatable bonds is 2. The zero-order chi connectivity index (χ0) is 7.45. The normalized spacial score (nSPS) is 24.1. The molecule has 2 heteroatoms. The standard InChI is InChI=1S/C8H16OSi/c1-3-10(9-2)7-5-4-6-8-10/h3H,1,4-8H2,2H3. The van der Waals surface area contributed by atoms with E-state index in [2.05, 4.69) is 12.3 Å². The van der Waals surface area contributed by atoms with Crippen molar-refractivity contribution in [3.63, 3.8) is 0 Å². The Labute approximate surface area is 64.2 Å². The molecule has 0 spiro atoms.